The van der Waals surface area contributed by atoms with E-state index in [2.05, 4.69) is 0 Å². The predicted octanol–water partition coefficient (Wildman–Crippen LogP) is 1.93. The summed E-state index contributed by atoms with van der Waals surface area (Å²) in [6, 6.07) is 6.91. The van der Waals surface area contributed by atoms with Crippen molar-refractivity contribution in [3.05, 3.63) is 35.4 Å². The van der Waals surface area contributed by atoms with Crippen LogP contribution in [0.1, 0.15) is 29.3 Å². The zero-order valence-electron chi connectivity index (χ0n) is 10.3. The van der Waals surface area contributed by atoms with E-state index in [1.165, 1.54) is 4.90 Å². The standard InChI is InChI=1S/C13H17NO3/c1-9-4-6-11(7-5-9)13(17)14(3)10(2)8-12(15)16/h4-7,10H,8H2,1-3H3,(H,15,16). The summed E-state index contributed by atoms with van der Waals surface area (Å²) < 4.78 is 0. The van der Waals surface area contributed by atoms with Gasteiger partial charge in [-0.1, -0.05) is 17.7 Å². The Hall–Kier alpha value is -1.84. The molecule has 0 aromatic heterocycles. The van der Waals surface area contributed by atoms with Crippen molar-refractivity contribution in [1.29, 1.82) is 0 Å². The van der Waals surface area contributed by atoms with E-state index in [0.717, 1.165) is 5.56 Å². The third-order valence-corrected chi connectivity index (χ3v) is 2.75. The van der Waals surface area contributed by atoms with Gasteiger partial charge in [0.15, 0.2) is 0 Å². The number of carboxylic acid groups (broad SMARTS) is 1. The van der Waals surface area contributed by atoms with Crippen molar-refractivity contribution in [2.24, 2.45) is 0 Å². The number of aryl methyl sites for hydroxylation is 1. The summed E-state index contributed by atoms with van der Waals surface area (Å²) in [6.07, 6.45) is -0.0475. The lowest BCUT2D eigenvalue weighted by molar-refractivity contribution is -0.137. The number of benzene rings is 1. The van der Waals surface area contributed by atoms with Gasteiger partial charge in [-0.25, -0.2) is 0 Å². The second-order valence-electron chi connectivity index (χ2n) is 4.23. The van der Waals surface area contributed by atoms with Gasteiger partial charge in [-0.3, -0.25) is 9.59 Å². The molecule has 17 heavy (non-hydrogen) atoms. The Labute approximate surface area is 101 Å². The van der Waals surface area contributed by atoms with Gasteiger partial charge in [-0.2, -0.15) is 0 Å². The van der Waals surface area contributed by atoms with Crippen molar-refractivity contribution in [3.8, 4) is 0 Å². The molecule has 4 heteroatoms. The molecule has 0 radical (unpaired) electrons. The first-order valence-corrected chi connectivity index (χ1v) is 5.47. The number of aliphatic carboxylic acids is 1. The van der Waals surface area contributed by atoms with Crippen molar-refractivity contribution < 1.29 is 14.7 Å². The largest absolute Gasteiger partial charge is 0.481 e. The van der Waals surface area contributed by atoms with E-state index in [1.54, 1.807) is 26.1 Å². The van der Waals surface area contributed by atoms with E-state index >= 15 is 0 Å². The highest BCUT2D eigenvalue weighted by atomic mass is 16.4. The van der Waals surface area contributed by atoms with Gasteiger partial charge in [0.25, 0.3) is 5.91 Å². The van der Waals surface area contributed by atoms with Crippen LogP contribution >= 0.6 is 0 Å². The number of carbonyl (C=O) groups excluding carboxylic acids is 1. The fourth-order valence-electron chi connectivity index (χ4n) is 1.49. The molecular weight excluding hydrogens is 218 g/mol. The summed E-state index contributed by atoms with van der Waals surface area (Å²) in [4.78, 5) is 24.0. The lowest BCUT2D eigenvalue weighted by atomic mass is 10.1. The average molecular weight is 235 g/mol. The van der Waals surface area contributed by atoms with Crippen LogP contribution in [-0.2, 0) is 4.79 Å². The van der Waals surface area contributed by atoms with Crippen LogP contribution in [0.2, 0.25) is 0 Å². The lowest BCUT2D eigenvalue weighted by Crippen LogP contribution is -2.36. The zero-order chi connectivity index (χ0) is 13.0. The van der Waals surface area contributed by atoms with Crippen molar-refractivity contribution in [3.63, 3.8) is 0 Å². The summed E-state index contributed by atoms with van der Waals surface area (Å²) in [5.74, 6) is -1.06. The van der Waals surface area contributed by atoms with Crippen LogP contribution in [0.15, 0.2) is 24.3 Å². The van der Waals surface area contributed by atoms with E-state index in [-0.39, 0.29) is 18.4 Å². The van der Waals surface area contributed by atoms with Crippen LogP contribution in [0, 0.1) is 6.92 Å². The molecule has 1 atom stereocenters. The van der Waals surface area contributed by atoms with E-state index < -0.39 is 5.97 Å². The van der Waals surface area contributed by atoms with Crippen molar-refractivity contribution >= 4 is 11.9 Å². The fourth-order valence-corrected chi connectivity index (χ4v) is 1.49. The molecule has 0 spiro atoms. The maximum absolute atomic E-state index is 12.0. The van der Waals surface area contributed by atoms with E-state index in [4.69, 9.17) is 5.11 Å². The van der Waals surface area contributed by atoms with E-state index in [0.29, 0.717) is 5.56 Å². The normalized spacial score (nSPS) is 11.9. The number of carboxylic acids is 1. The summed E-state index contributed by atoms with van der Waals surface area (Å²) in [5, 5.41) is 8.68. The second-order valence-corrected chi connectivity index (χ2v) is 4.23. The minimum atomic E-state index is -0.902. The Morgan fingerprint density at radius 1 is 1.29 bits per heavy atom. The summed E-state index contributed by atoms with van der Waals surface area (Å²) >= 11 is 0. The number of nitrogens with zero attached hydrogens (tertiary/aromatic N) is 1. The molecule has 0 heterocycles. The number of hydrogen-bond donors (Lipinski definition) is 1. The molecule has 0 aliphatic rings. The Morgan fingerprint density at radius 3 is 2.29 bits per heavy atom. The first kappa shape index (κ1) is 13.2. The monoisotopic (exact) mass is 235 g/mol. The van der Waals surface area contributed by atoms with Gasteiger partial charge in [0.2, 0.25) is 0 Å². The summed E-state index contributed by atoms with van der Waals surface area (Å²) in [6.45, 7) is 3.67. The van der Waals surface area contributed by atoms with Crippen LogP contribution in [0.25, 0.3) is 0 Å². The quantitative estimate of drug-likeness (QED) is 0.867. The number of hydrogen-bond acceptors (Lipinski definition) is 2. The maximum atomic E-state index is 12.0. The van der Waals surface area contributed by atoms with Crippen LogP contribution in [0.5, 0.6) is 0 Å². The van der Waals surface area contributed by atoms with Crippen molar-refractivity contribution in [2.45, 2.75) is 26.3 Å². The molecule has 0 bridgehead atoms. The highest BCUT2D eigenvalue weighted by Gasteiger charge is 2.19. The third-order valence-electron chi connectivity index (χ3n) is 2.75. The van der Waals surface area contributed by atoms with E-state index in [9.17, 15) is 9.59 Å². The van der Waals surface area contributed by atoms with Crippen molar-refractivity contribution in [1.82, 2.24) is 4.90 Å². The predicted molar refractivity (Wildman–Crippen MR) is 65.0 cm³/mol. The minimum absolute atomic E-state index is 0.0475. The first-order chi connectivity index (χ1) is 7.91. The van der Waals surface area contributed by atoms with Gasteiger partial charge < -0.3 is 10.0 Å². The van der Waals surface area contributed by atoms with Gasteiger partial charge in [0, 0.05) is 18.7 Å². The highest BCUT2D eigenvalue weighted by molar-refractivity contribution is 5.94. The zero-order valence-corrected chi connectivity index (χ0v) is 10.3. The molecule has 0 saturated heterocycles. The SMILES string of the molecule is Cc1ccc(C(=O)N(C)C(C)CC(=O)O)cc1. The van der Waals surface area contributed by atoms with Gasteiger partial charge in [-0.15, -0.1) is 0 Å². The van der Waals surface area contributed by atoms with Gasteiger partial charge in [0.1, 0.15) is 0 Å². The molecular formula is C13H17NO3. The van der Waals surface area contributed by atoms with Crippen LogP contribution in [0.3, 0.4) is 0 Å². The van der Waals surface area contributed by atoms with Gasteiger partial charge in [-0.05, 0) is 26.0 Å². The Bertz CT molecular complexity index is 411. The maximum Gasteiger partial charge on any atom is 0.305 e. The number of amides is 1. The molecule has 1 rings (SSSR count). The fraction of sp³-hybridized carbons (Fsp3) is 0.385. The van der Waals surface area contributed by atoms with E-state index in [1.807, 2.05) is 19.1 Å². The molecule has 1 amide bonds. The Balaban J connectivity index is 2.75. The van der Waals surface area contributed by atoms with Crippen LogP contribution in [-0.4, -0.2) is 35.0 Å². The summed E-state index contributed by atoms with van der Waals surface area (Å²) in [5.41, 5.74) is 1.66. The molecule has 1 N–H and O–H groups in total. The summed E-state index contributed by atoms with van der Waals surface area (Å²) in [7, 11) is 1.62. The van der Waals surface area contributed by atoms with Crippen LogP contribution in [0.4, 0.5) is 0 Å². The van der Waals surface area contributed by atoms with Gasteiger partial charge in [0.05, 0.1) is 6.42 Å². The topological polar surface area (TPSA) is 57.6 Å². The molecule has 0 saturated carbocycles. The first-order valence-electron chi connectivity index (χ1n) is 5.47. The molecule has 4 nitrogen and oxygen atoms in total. The number of rotatable bonds is 4. The lowest BCUT2D eigenvalue weighted by Gasteiger charge is -2.23. The molecule has 0 aliphatic heterocycles. The molecule has 1 aromatic carbocycles. The Kier molecular flexibility index (Phi) is 4.26. The molecule has 1 unspecified atom stereocenters. The van der Waals surface area contributed by atoms with Crippen molar-refractivity contribution in [2.75, 3.05) is 7.05 Å². The average Bonchev–Trinajstić information content (AvgIpc) is 2.27. The second kappa shape index (κ2) is 5.48. The van der Waals surface area contributed by atoms with Gasteiger partial charge >= 0.3 is 5.97 Å². The molecule has 92 valence electrons. The molecule has 1 aromatic rings. The Morgan fingerprint density at radius 2 is 1.82 bits per heavy atom. The molecule has 0 aliphatic carbocycles. The van der Waals surface area contributed by atoms with Crippen LogP contribution < -0.4 is 0 Å². The highest BCUT2D eigenvalue weighted by Crippen LogP contribution is 2.10. The third kappa shape index (κ3) is 3.59. The minimum Gasteiger partial charge on any atom is -0.481 e. The number of carbonyl (C=O) groups is 2. The smallest absolute Gasteiger partial charge is 0.305 e. The molecule has 0 fully saturated rings.